The quantitative estimate of drug-likeness (QED) is 0.618. The first-order valence-corrected chi connectivity index (χ1v) is 7.89. The van der Waals surface area contributed by atoms with Gasteiger partial charge in [-0.3, -0.25) is 4.79 Å². The highest BCUT2D eigenvalue weighted by atomic mass is 16.5. The van der Waals surface area contributed by atoms with E-state index in [4.69, 9.17) is 4.74 Å². The van der Waals surface area contributed by atoms with Gasteiger partial charge in [-0.2, -0.15) is 0 Å². The lowest BCUT2D eigenvalue weighted by molar-refractivity contribution is 0.0988. The zero-order valence-corrected chi connectivity index (χ0v) is 13.5. The molecule has 0 bridgehead atoms. The fraction of sp³-hybridized carbons (Fsp3) is 0.190. The van der Waals surface area contributed by atoms with Gasteiger partial charge in [0.1, 0.15) is 5.75 Å². The number of benzene rings is 3. The predicted octanol–water partition coefficient (Wildman–Crippen LogP) is 5.03. The van der Waals surface area contributed by atoms with E-state index in [2.05, 4.69) is 12.1 Å². The lowest BCUT2D eigenvalue weighted by Gasteiger charge is -2.13. The van der Waals surface area contributed by atoms with E-state index < -0.39 is 0 Å². The summed E-state index contributed by atoms with van der Waals surface area (Å²) in [6, 6.07) is 20.3. The van der Waals surface area contributed by atoms with Crippen LogP contribution >= 0.6 is 0 Å². The molecule has 3 aromatic carbocycles. The minimum Gasteiger partial charge on any atom is -0.496 e. The Hall–Kier alpha value is -2.61. The number of hydrogen-bond donors (Lipinski definition) is 0. The van der Waals surface area contributed by atoms with Crippen molar-refractivity contribution < 1.29 is 9.53 Å². The van der Waals surface area contributed by atoms with Gasteiger partial charge in [0.2, 0.25) is 0 Å². The number of fused-ring (bicyclic) bond motifs is 1. The second-order valence-corrected chi connectivity index (χ2v) is 5.63. The largest absolute Gasteiger partial charge is 0.496 e. The molecule has 2 nitrogen and oxygen atoms in total. The van der Waals surface area contributed by atoms with E-state index >= 15 is 0 Å². The van der Waals surface area contributed by atoms with Crippen molar-refractivity contribution in [3.05, 3.63) is 77.4 Å². The molecule has 3 aromatic rings. The second kappa shape index (κ2) is 6.66. The standard InChI is InChI=1S/C21H20O2/c1-3-19(22)17-13-16-10-7-11-20(23-2)21(16)18(14-17)12-15-8-5-4-6-9-15/h4-11,13-14H,3,12H2,1-2H3. The summed E-state index contributed by atoms with van der Waals surface area (Å²) in [5, 5.41) is 2.14. The highest BCUT2D eigenvalue weighted by molar-refractivity contribution is 6.02. The van der Waals surface area contributed by atoms with Crippen molar-refractivity contribution in [3.63, 3.8) is 0 Å². The van der Waals surface area contributed by atoms with Gasteiger partial charge in [-0.25, -0.2) is 0 Å². The van der Waals surface area contributed by atoms with Gasteiger partial charge in [-0.15, -0.1) is 0 Å². The van der Waals surface area contributed by atoms with Crippen LogP contribution in [0.1, 0.15) is 34.8 Å². The molecule has 0 saturated carbocycles. The molecule has 0 amide bonds. The summed E-state index contributed by atoms with van der Waals surface area (Å²) in [4.78, 5) is 12.2. The Kier molecular flexibility index (Phi) is 4.42. The summed E-state index contributed by atoms with van der Waals surface area (Å²) in [6.45, 7) is 1.90. The van der Waals surface area contributed by atoms with Crippen molar-refractivity contribution in [2.75, 3.05) is 7.11 Å². The van der Waals surface area contributed by atoms with E-state index in [1.54, 1.807) is 7.11 Å². The fourth-order valence-corrected chi connectivity index (χ4v) is 2.97. The number of methoxy groups -OCH3 is 1. The molecule has 0 atom stereocenters. The minimum atomic E-state index is 0.170. The Morgan fingerprint density at radius 3 is 2.48 bits per heavy atom. The number of hydrogen-bond acceptors (Lipinski definition) is 2. The Bertz CT molecular complexity index is 835. The SMILES string of the molecule is CCC(=O)c1cc(Cc2ccccc2)c2c(OC)cccc2c1. The molecule has 0 aliphatic heterocycles. The average molecular weight is 304 g/mol. The van der Waals surface area contributed by atoms with Crippen LogP contribution in [0.25, 0.3) is 10.8 Å². The summed E-state index contributed by atoms with van der Waals surface area (Å²) in [7, 11) is 1.69. The molecule has 2 heteroatoms. The van der Waals surface area contributed by atoms with Crippen LogP contribution in [0.15, 0.2) is 60.7 Å². The topological polar surface area (TPSA) is 26.3 Å². The number of ether oxygens (including phenoxy) is 1. The van der Waals surface area contributed by atoms with Gasteiger partial charge >= 0.3 is 0 Å². The maximum atomic E-state index is 12.2. The first-order chi connectivity index (χ1) is 11.2. The molecule has 116 valence electrons. The number of carbonyl (C=O) groups excluding carboxylic acids is 1. The smallest absolute Gasteiger partial charge is 0.162 e. The highest BCUT2D eigenvalue weighted by Crippen LogP contribution is 2.32. The van der Waals surface area contributed by atoms with Gasteiger partial charge in [-0.05, 0) is 41.1 Å². The molecular formula is C21H20O2. The van der Waals surface area contributed by atoms with Gasteiger partial charge in [0.05, 0.1) is 7.11 Å². The number of Topliss-reactive ketones (excluding diaryl/α,β-unsaturated/α-hetero) is 1. The molecule has 0 aliphatic carbocycles. The normalized spacial score (nSPS) is 10.7. The first kappa shape index (κ1) is 15.3. The van der Waals surface area contributed by atoms with E-state index in [9.17, 15) is 4.79 Å². The van der Waals surface area contributed by atoms with Crippen LogP contribution in [0.4, 0.5) is 0 Å². The third-order valence-corrected chi connectivity index (χ3v) is 4.12. The van der Waals surface area contributed by atoms with Crippen LogP contribution in [0.3, 0.4) is 0 Å². The van der Waals surface area contributed by atoms with Crippen molar-refractivity contribution in [2.24, 2.45) is 0 Å². The van der Waals surface area contributed by atoms with Crippen LogP contribution in [0.5, 0.6) is 5.75 Å². The van der Waals surface area contributed by atoms with E-state index in [0.717, 1.165) is 34.1 Å². The van der Waals surface area contributed by atoms with Crippen LogP contribution in [0.2, 0.25) is 0 Å². The van der Waals surface area contributed by atoms with Crippen molar-refractivity contribution in [1.82, 2.24) is 0 Å². The van der Waals surface area contributed by atoms with Gasteiger partial charge in [-0.1, -0.05) is 49.4 Å². The van der Waals surface area contributed by atoms with E-state index in [1.165, 1.54) is 5.56 Å². The molecule has 0 aromatic heterocycles. The molecule has 3 rings (SSSR count). The maximum absolute atomic E-state index is 12.2. The Morgan fingerprint density at radius 1 is 1.00 bits per heavy atom. The predicted molar refractivity (Wildman–Crippen MR) is 94.4 cm³/mol. The van der Waals surface area contributed by atoms with E-state index in [-0.39, 0.29) is 5.78 Å². The van der Waals surface area contributed by atoms with Gasteiger partial charge in [0.25, 0.3) is 0 Å². The lowest BCUT2D eigenvalue weighted by atomic mass is 9.93. The van der Waals surface area contributed by atoms with Gasteiger partial charge in [0, 0.05) is 17.4 Å². The van der Waals surface area contributed by atoms with Crippen molar-refractivity contribution in [1.29, 1.82) is 0 Å². The van der Waals surface area contributed by atoms with Crippen LogP contribution in [0, 0.1) is 0 Å². The summed E-state index contributed by atoms with van der Waals surface area (Å²) in [5.41, 5.74) is 3.13. The molecule has 0 aliphatic rings. The zero-order valence-electron chi connectivity index (χ0n) is 13.5. The molecule has 0 N–H and O–H groups in total. The molecule has 0 fully saturated rings. The lowest BCUT2D eigenvalue weighted by Crippen LogP contribution is -2.00. The van der Waals surface area contributed by atoms with E-state index in [0.29, 0.717) is 6.42 Å². The van der Waals surface area contributed by atoms with Crippen LogP contribution in [-0.2, 0) is 6.42 Å². The third kappa shape index (κ3) is 3.11. The summed E-state index contributed by atoms with van der Waals surface area (Å²) < 4.78 is 5.55. The second-order valence-electron chi connectivity index (χ2n) is 5.63. The summed E-state index contributed by atoms with van der Waals surface area (Å²) >= 11 is 0. The first-order valence-electron chi connectivity index (χ1n) is 7.89. The van der Waals surface area contributed by atoms with Gasteiger partial charge in [0.15, 0.2) is 5.78 Å². The Labute approximate surface area is 136 Å². The van der Waals surface area contributed by atoms with Crippen LogP contribution < -0.4 is 4.74 Å². The van der Waals surface area contributed by atoms with Crippen LogP contribution in [-0.4, -0.2) is 12.9 Å². The number of carbonyl (C=O) groups is 1. The van der Waals surface area contributed by atoms with Crippen molar-refractivity contribution >= 4 is 16.6 Å². The molecule has 0 unspecified atom stereocenters. The summed E-state index contributed by atoms with van der Waals surface area (Å²) in [6.07, 6.45) is 1.29. The third-order valence-electron chi connectivity index (χ3n) is 4.12. The average Bonchev–Trinajstić information content (AvgIpc) is 2.61. The number of rotatable bonds is 5. The van der Waals surface area contributed by atoms with Gasteiger partial charge < -0.3 is 4.74 Å². The number of ketones is 1. The summed E-state index contributed by atoms with van der Waals surface area (Å²) in [5.74, 6) is 1.02. The molecule has 23 heavy (non-hydrogen) atoms. The monoisotopic (exact) mass is 304 g/mol. The molecule has 0 radical (unpaired) electrons. The Balaban J connectivity index is 2.21. The highest BCUT2D eigenvalue weighted by Gasteiger charge is 2.12. The molecule has 0 spiro atoms. The van der Waals surface area contributed by atoms with Crippen molar-refractivity contribution in [3.8, 4) is 5.75 Å². The van der Waals surface area contributed by atoms with Crippen molar-refractivity contribution in [2.45, 2.75) is 19.8 Å². The minimum absolute atomic E-state index is 0.170. The molecule has 0 saturated heterocycles. The Morgan fingerprint density at radius 2 is 1.78 bits per heavy atom. The zero-order chi connectivity index (χ0) is 16.2. The maximum Gasteiger partial charge on any atom is 0.162 e. The fourth-order valence-electron chi connectivity index (χ4n) is 2.97. The van der Waals surface area contributed by atoms with E-state index in [1.807, 2.05) is 55.5 Å². The molecular weight excluding hydrogens is 284 g/mol. The molecule has 0 heterocycles.